The summed E-state index contributed by atoms with van der Waals surface area (Å²) in [6.07, 6.45) is 8.88. The zero-order valence-electron chi connectivity index (χ0n) is 34.4. The molecule has 1 aromatic heterocycles. The first-order chi connectivity index (χ1) is 29.3. The molecule has 1 heteroatoms. The predicted molar refractivity (Wildman–Crippen MR) is 259 cm³/mol. The Kier molecular flexibility index (Phi) is 8.19. The molecule has 0 fully saturated rings. The number of benzene rings is 9. The van der Waals surface area contributed by atoms with E-state index in [2.05, 4.69) is 204 Å². The van der Waals surface area contributed by atoms with Crippen LogP contribution in [-0.2, 0) is 5.41 Å². The van der Waals surface area contributed by atoms with Crippen molar-refractivity contribution in [1.29, 1.82) is 0 Å². The van der Waals surface area contributed by atoms with Crippen LogP contribution in [0.1, 0.15) is 49.9 Å². The van der Waals surface area contributed by atoms with Crippen LogP contribution < -0.4 is 0 Å². The van der Waals surface area contributed by atoms with Crippen LogP contribution in [0.2, 0.25) is 0 Å². The second-order valence-electron chi connectivity index (χ2n) is 16.9. The van der Waals surface area contributed by atoms with Gasteiger partial charge in [0, 0.05) is 16.2 Å². The Labute approximate surface area is 350 Å². The molecule has 0 saturated heterocycles. The Morgan fingerprint density at radius 3 is 1.95 bits per heavy atom. The van der Waals surface area contributed by atoms with Gasteiger partial charge in [-0.2, -0.15) is 0 Å². The van der Waals surface area contributed by atoms with Crippen LogP contribution in [0.5, 0.6) is 0 Å². The van der Waals surface area contributed by atoms with E-state index < -0.39 is 0 Å². The van der Waals surface area contributed by atoms with Crippen molar-refractivity contribution in [3.8, 4) is 22.3 Å². The van der Waals surface area contributed by atoms with Gasteiger partial charge < -0.3 is 4.42 Å². The van der Waals surface area contributed by atoms with Crippen molar-refractivity contribution in [2.45, 2.75) is 33.1 Å². The van der Waals surface area contributed by atoms with Crippen molar-refractivity contribution in [1.82, 2.24) is 0 Å². The maximum absolute atomic E-state index is 6.37. The predicted octanol–water partition coefficient (Wildman–Crippen LogP) is 16.8. The highest BCUT2D eigenvalue weighted by molar-refractivity contribution is 6.22. The Morgan fingerprint density at radius 2 is 1.20 bits per heavy atom. The summed E-state index contributed by atoms with van der Waals surface area (Å²) >= 11 is 0. The number of para-hydroxylation sites is 1. The van der Waals surface area contributed by atoms with Crippen LogP contribution in [0.25, 0.3) is 98.4 Å². The van der Waals surface area contributed by atoms with Crippen LogP contribution in [0.4, 0.5) is 0 Å². The van der Waals surface area contributed by atoms with Crippen LogP contribution in [0.3, 0.4) is 0 Å². The van der Waals surface area contributed by atoms with E-state index >= 15 is 0 Å². The van der Waals surface area contributed by atoms with Gasteiger partial charge in [-0.15, -0.1) is 0 Å². The first-order valence-corrected chi connectivity index (χ1v) is 21.0. The summed E-state index contributed by atoms with van der Waals surface area (Å²) in [7, 11) is 0. The van der Waals surface area contributed by atoms with Crippen molar-refractivity contribution in [2.75, 3.05) is 0 Å². The molecule has 1 aliphatic rings. The van der Waals surface area contributed by atoms with Crippen molar-refractivity contribution >= 4 is 76.2 Å². The summed E-state index contributed by atoms with van der Waals surface area (Å²) in [4.78, 5) is 0. The Morgan fingerprint density at radius 1 is 0.533 bits per heavy atom. The van der Waals surface area contributed by atoms with Gasteiger partial charge in [-0.3, -0.25) is 0 Å². The SMILES string of the molecule is C=C(\C=C/C(=C\C)/C=C(\C)c1ccc2c(c1)-c1ccc3cc4c(cc3c1C2(C)C)oc1ccccc14)c1c2ccccc2c(-c2cccc3ccccc23)c2ccccc12. The maximum atomic E-state index is 6.37. The minimum absolute atomic E-state index is 0.154. The Balaban J connectivity index is 0.952. The third-order valence-corrected chi connectivity index (χ3v) is 13.1. The fraction of sp³-hybridized carbons (Fsp3) is 0.0847. The standard InChI is InChI=1S/C59H44O/c1-6-38(27-26-36(2)56-45-20-9-11-22-47(45)57(48-23-12-10-21-46(48)56)44-24-15-17-39-16-7-8-18-42(39)44)32-37(3)40-29-31-53-51(33-40)49-30-28-41-34-52-43-19-13-14-25-54(43)60-55(52)35-50(41)58(49)59(53,4)5/h6-35H,2H2,1,3-5H3/b27-26-,37-32+,38-6+. The molecule has 1 heterocycles. The van der Waals surface area contributed by atoms with Crippen molar-refractivity contribution < 1.29 is 4.42 Å². The largest absolute Gasteiger partial charge is 0.456 e. The third kappa shape index (κ3) is 5.46. The van der Waals surface area contributed by atoms with Crippen LogP contribution in [0.15, 0.2) is 199 Å². The molecule has 0 aliphatic heterocycles. The molecule has 1 nitrogen and oxygen atoms in total. The van der Waals surface area contributed by atoms with E-state index in [0.29, 0.717) is 0 Å². The van der Waals surface area contributed by atoms with Gasteiger partial charge in [0.2, 0.25) is 0 Å². The normalized spacial score (nSPS) is 14.0. The van der Waals surface area contributed by atoms with E-state index in [1.165, 1.54) is 98.6 Å². The second kappa shape index (κ2) is 13.7. The molecule has 0 radical (unpaired) electrons. The molecule has 9 aromatic carbocycles. The van der Waals surface area contributed by atoms with Crippen molar-refractivity contribution in [3.63, 3.8) is 0 Å². The van der Waals surface area contributed by atoms with Crippen LogP contribution in [-0.4, -0.2) is 0 Å². The fourth-order valence-electron chi connectivity index (χ4n) is 10.2. The molecule has 60 heavy (non-hydrogen) atoms. The quantitative estimate of drug-likeness (QED) is 0.121. The minimum atomic E-state index is -0.154. The van der Waals surface area contributed by atoms with Gasteiger partial charge in [-0.1, -0.05) is 178 Å². The van der Waals surface area contributed by atoms with E-state index in [-0.39, 0.29) is 5.41 Å². The molecule has 0 amide bonds. The second-order valence-corrected chi connectivity index (χ2v) is 16.9. The highest BCUT2D eigenvalue weighted by Gasteiger charge is 2.37. The Hall–Kier alpha value is -7.22. The summed E-state index contributed by atoms with van der Waals surface area (Å²) in [6, 6.07) is 57.5. The average molecular weight is 769 g/mol. The molecular weight excluding hydrogens is 725 g/mol. The summed E-state index contributed by atoms with van der Waals surface area (Å²) in [6.45, 7) is 13.8. The molecule has 0 saturated carbocycles. The maximum Gasteiger partial charge on any atom is 0.136 e. The number of fused-ring (bicyclic) bond motifs is 11. The van der Waals surface area contributed by atoms with E-state index in [0.717, 1.165) is 27.7 Å². The lowest BCUT2D eigenvalue weighted by molar-refractivity contribution is 0.663. The van der Waals surface area contributed by atoms with Crippen LogP contribution in [0, 0.1) is 0 Å². The topological polar surface area (TPSA) is 13.1 Å². The molecule has 10 aromatic rings. The van der Waals surface area contributed by atoms with Gasteiger partial charge in [0.1, 0.15) is 11.2 Å². The first-order valence-electron chi connectivity index (χ1n) is 21.0. The summed E-state index contributed by atoms with van der Waals surface area (Å²) in [5.74, 6) is 0. The Bertz CT molecular complexity index is 3480. The molecule has 1 aliphatic carbocycles. The number of hydrogen-bond acceptors (Lipinski definition) is 1. The fourth-order valence-corrected chi connectivity index (χ4v) is 10.2. The van der Waals surface area contributed by atoms with E-state index in [9.17, 15) is 0 Å². The minimum Gasteiger partial charge on any atom is -0.456 e. The lowest BCUT2D eigenvalue weighted by Crippen LogP contribution is -2.15. The van der Waals surface area contributed by atoms with Crippen molar-refractivity contribution in [2.24, 2.45) is 0 Å². The van der Waals surface area contributed by atoms with Crippen LogP contribution >= 0.6 is 0 Å². The van der Waals surface area contributed by atoms with Crippen molar-refractivity contribution in [3.05, 3.63) is 216 Å². The van der Waals surface area contributed by atoms with Gasteiger partial charge in [-0.25, -0.2) is 0 Å². The van der Waals surface area contributed by atoms with Gasteiger partial charge in [0.05, 0.1) is 0 Å². The molecule has 11 rings (SSSR count). The smallest absolute Gasteiger partial charge is 0.136 e. The number of hydrogen-bond donors (Lipinski definition) is 0. The molecule has 0 bridgehead atoms. The van der Waals surface area contributed by atoms with Gasteiger partial charge in [0.25, 0.3) is 0 Å². The molecule has 286 valence electrons. The molecule has 0 N–H and O–H groups in total. The average Bonchev–Trinajstić information content (AvgIpc) is 3.76. The lowest BCUT2D eigenvalue weighted by Gasteiger charge is -2.23. The van der Waals surface area contributed by atoms with E-state index in [1.54, 1.807) is 0 Å². The zero-order valence-corrected chi connectivity index (χ0v) is 34.4. The molecular formula is C59H44O. The highest BCUT2D eigenvalue weighted by Crippen LogP contribution is 2.53. The number of allylic oxidation sites excluding steroid dienone is 7. The zero-order chi connectivity index (χ0) is 40.7. The molecule has 0 spiro atoms. The summed E-state index contributed by atoms with van der Waals surface area (Å²) < 4.78 is 6.37. The monoisotopic (exact) mass is 768 g/mol. The molecule has 0 atom stereocenters. The van der Waals surface area contributed by atoms with E-state index in [4.69, 9.17) is 11.0 Å². The van der Waals surface area contributed by atoms with Gasteiger partial charge >= 0.3 is 0 Å². The number of rotatable bonds is 6. The van der Waals surface area contributed by atoms with E-state index in [1.807, 2.05) is 6.07 Å². The van der Waals surface area contributed by atoms with Gasteiger partial charge in [-0.05, 0) is 142 Å². The molecule has 0 unspecified atom stereocenters. The summed E-state index contributed by atoms with van der Waals surface area (Å²) in [5.41, 5.74) is 15.3. The van der Waals surface area contributed by atoms with Gasteiger partial charge in [0.15, 0.2) is 0 Å². The number of furan rings is 1. The highest BCUT2D eigenvalue weighted by atomic mass is 16.3. The first kappa shape index (κ1) is 35.9. The lowest BCUT2D eigenvalue weighted by atomic mass is 9.80. The third-order valence-electron chi connectivity index (χ3n) is 13.1. The summed E-state index contributed by atoms with van der Waals surface area (Å²) in [5, 5.41) is 12.2.